The fourth-order valence-electron chi connectivity index (χ4n) is 2.05. The molecule has 0 spiro atoms. The second-order valence-electron chi connectivity index (χ2n) is 5.48. The number of thiophene rings is 1. The molecule has 0 unspecified atom stereocenters. The van der Waals surface area contributed by atoms with Gasteiger partial charge in [-0.25, -0.2) is 13.1 Å². The number of rotatable bonds is 6. The minimum Gasteiger partial charge on any atom is -0.481 e. The Labute approximate surface area is 127 Å². The second-order valence-corrected chi connectivity index (χ2v) is 8.04. The minimum absolute atomic E-state index is 0.0834. The standard InChI is InChI=1S/C14H17NO4S2/c1-14(2,8-7-13(16)17)15-21(18,19)12-9-20-11-6-4-3-5-10(11)12/h3-6,9,15H,7-8H2,1-2H3,(H,16,17). The van der Waals surface area contributed by atoms with E-state index in [2.05, 4.69) is 4.72 Å². The van der Waals surface area contributed by atoms with Crippen LogP contribution in [-0.4, -0.2) is 25.0 Å². The molecule has 2 aromatic rings. The number of benzene rings is 1. The van der Waals surface area contributed by atoms with Crippen molar-refractivity contribution in [3.05, 3.63) is 29.6 Å². The number of carboxylic acids is 1. The molecule has 1 heterocycles. The second kappa shape index (κ2) is 5.75. The van der Waals surface area contributed by atoms with Gasteiger partial charge in [0.1, 0.15) is 4.90 Å². The van der Waals surface area contributed by atoms with E-state index in [9.17, 15) is 13.2 Å². The van der Waals surface area contributed by atoms with Gasteiger partial charge in [-0.15, -0.1) is 11.3 Å². The van der Waals surface area contributed by atoms with Gasteiger partial charge in [0.05, 0.1) is 0 Å². The Kier molecular flexibility index (Phi) is 4.36. The van der Waals surface area contributed by atoms with E-state index in [4.69, 9.17) is 5.11 Å². The lowest BCUT2D eigenvalue weighted by Gasteiger charge is -2.25. The maximum absolute atomic E-state index is 12.5. The molecule has 5 nitrogen and oxygen atoms in total. The van der Waals surface area contributed by atoms with Gasteiger partial charge in [-0.05, 0) is 26.3 Å². The van der Waals surface area contributed by atoms with Gasteiger partial charge in [-0.2, -0.15) is 0 Å². The molecule has 2 rings (SSSR count). The van der Waals surface area contributed by atoms with Gasteiger partial charge in [0, 0.05) is 27.4 Å². The summed E-state index contributed by atoms with van der Waals surface area (Å²) >= 11 is 1.37. The van der Waals surface area contributed by atoms with Crippen LogP contribution in [0.3, 0.4) is 0 Å². The molecular weight excluding hydrogens is 310 g/mol. The van der Waals surface area contributed by atoms with Gasteiger partial charge in [0.15, 0.2) is 0 Å². The summed E-state index contributed by atoms with van der Waals surface area (Å²) in [6, 6.07) is 7.29. The summed E-state index contributed by atoms with van der Waals surface area (Å²) in [5.74, 6) is -0.941. The molecule has 0 radical (unpaired) electrons. The molecule has 21 heavy (non-hydrogen) atoms. The summed E-state index contributed by atoms with van der Waals surface area (Å²) in [5, 5.41) is 11.0. The van der Waals surface area contributed by atoms with E-state index in [-0.39, 0.29) is 17.7 Å². The number of fused-ring (bicyclic) bond motifs is 1. The topological polar surface area (TPSA) is 83.5 Å². The summed E-state index contributed by atoms with van der Waals surface area (Å²) in [6.45, 7) is 3.37. The van der Waals surface area contributed by atoms with Gasteiger partial charge in [-0.1, -0.05) is 18.2 Å². The van der Waals surface area contributed by atoms with E-state index in [1.54, 1.807) is 31.4 Å². The molecule has 0 saturated heterocycles. The summed E-state index contributed by atoms with van der Waals surface area (Å²) in [4.78, 5) is 10.9. The van der Waals surface area contributed by atoms with Crippen molar-refractivity contribution >= 4 is 37.4 Å². The van der Waals surface area contributed by atoms with Crippen LogP contribution in [0.5, 0.6) is 0 Å². The van der Waals surface area contributed by atoms with Crippen LogP contribution in [-0.2, 0) is 14.8 Å². The van der Waals surface area contributed by atoms with Crippen LogP contribution in [0, 0.1) is 0 Å². The van der Waals surface area contributed by atoms with Crippen molar-refractivity contribution < 1.29 is 18.3 Å². The van der Waals surface area contributed by atoms with E-state index in [0.717, 1.165) is 4.70 Å². The van der Waals surface area contributed by atoms with Gasteiger partial charge in [0.2, 0.25) is 10.0 Å². The van der Waals surface area contributed by atoms with Crippen molar-refractivity contribution in [2.24, 2.45) is 0 Å². The van der Waals surface area contributed by atoms with Crippen molar-refractivity contribution in [2.45, 2.75) is 37.1 Å². The third-order valence-corrected chi connectivity index (χ3v) is 5.96. The van der Waals surface area contributed by atoms with E-state index in [0.29, 0.717) is 5.39 Å². The SMILES string of the molecule is CC(C)(CCC(=O)O)NS(=O)(=O)c1csc2ccccc12. The molecule has 1 aromatic heterocycles. The largest absolute Gasteiger partial charge is 0.481 e. The fourth-order valence-corrected chi connectivity index (χ4v) is 5.00. The molecule has 0 aliphatic heterocycles. The van der Waals surface area contributed by atoms with Crippen molar-refractivity contribution in [1.29, 1.82) is 0 Å². The molecule has 0 bridgehead atoms. The van der Waals surface area contributed by atoms with E-state index in [1.807, 2.05) is 12.1 Å². The number of hydrogen-bond acceptors (Lipinski definition) is 4. The molecule has 0 aliphatic rings. The van der Waals surface area contributed by atoms with E-state index < -0.39 is 21.5 Å². The van der Waals surface area contributed by atoms with Crippen LogP contribution in [0.2, 0.25) is 0 Å². The van der Waals surface area contributed by atoms with E-state index >= 15 is 0 Å². The molecule has 0 amide bonds. The monoisotopic (exact) mass is 327 g/mol. The summed E-state index contributed by atoms with van der Waals surface area (Å²) in [5.41, 5.74) is -0.819. The third-order valence-electron chi connectivity index (χ3n) is 3.11. The van der Waals surface area contributed by atoms with Crippen LogP contribution < -0.4 is 4.72 Å². The van der Waals surface area contributed by atoms with Gasteiger partial charge < -0.3 is 5.11 Å². The molecule has 0 aliphatic carbocycles. The fraction of sp³-hybridized carbons (Fsp3) is 0.357. The van der Waals surface area contributed by atoms with Crippen LogP contribution in [0.15, 0.2) is 34.5 Å². The highest BCUT2D eigenvalue weighted by atomic mass is 32.2. The average molecular weight is 327 g/mol. The number of sulfonamides is 1. The Morgan fingerprint density at radius 3 is 2.67 bits per heavy atom. The van der Waals surface area contributed by atoms with Gasteiger partial charge >= 0.3 is 5.97 Å². The third kappa shape index (κ3) is 3.81. The van der Waals surface area contributed by atoms with Crippen LogP contribution in [0.25, 0.3) is 10.1 Å². The maximum atomic E-state index is 12.5. The molecule has 114 valence electrons. The normalized spacial score (nSPS) is 12.7. The first-order valence-electron chi connectivity index (χ1n) is 6.43. The lowest BCUT2D eigenvalue weighted by Crippen LogP contribution is -2.43. The van der Waals surface area contributed by atoms with Gasteiger partial charge in [0.25, 0.3) is 0 Å². The Hall–Kier alpha value is -1.44. The zero-order valence-electron chi connectivity index (χ0n) is 11.8. The predicted octanol–water partition coefficient (Wildman–Crippen LogP) is 2.82. The lowest BCUT2D eigenvalue weighted by atomic mass is 10.0. The maximum Gasteiger partial charge on any atom is 0.303 e. The Bertz CT molecular complexity index is 762. The zero-order valence-corrected chi connectivity index (χ0v) is 13.4. The highest BCUT2D eigenvalue weighted by Gasteiger charge is 2.28. The lowest BCUT2D eigenvalue weighted by molar-refractivity contribution is -0.137. The first kappa shape index (κ1) is 15.9. The molecule has 0 atom stereocenters. The summed E-state index contributed by atoms with van der Waals surface area (Å²) in [6.07, 6.45) is 0.142. The van der Waals surface area contributed by atoms with Crippen molar-refractivity contribution in [1.82, 2.24) is 4.72 Å². The molecule has 0 fully saturated rings. The molecule has 0 saturated carbocycles. The summed E-state index contributed by atoms with van der Waals surface area (Å²) in [7, 11) is -3.68. The first-order valence-corrected chi connectivity index (χ1v) is 8.80. The molecule has 2 N–H and O–H groups in total. The quantitative estimate of drug-likeness (QED) is 0.854. The average Bonchev–Trinajstić information content (AvgIpc) is 2.80. The summed E-state index contributed by atoms with van der Waals surface area (Å²) < 4.78 is 28.5. The Balaban J connectivity index is 2.28. The Morgan fingerprint density at radius 2 is 2.00 bits per heavy atom. The van der Waals surface area contributed by atoms with Crippen molar-refractivity contribution in [3.63, 3.8) is 0 Å². The smallest absolute Gasteiger partial charge is 0.303 e. The molecule has 1 aromatic carbocycles. The number of nitrogens with one attached hydrogen (secondary N) is 1. The van der Waals surface area contributed by atoms with Crippen molar-refractivity contribution in [3.8, 4) is 0 Å². The van der Waals surface area contributed by atoms with Crippen molar-refractivity contribution in [2.75, 3.05) is 0 Å². The van der Waals surface area contributed by atoms with E-state index in [1.165, 1.54) is 11.3 Å². The van der Waals surface area contributed by atoms with Crippen LogP contribution in [0.1, 0.15) is 26.7 Å². The number of hydrogen-bond donors (Lipinski definition) is 2. The Morgan fingerprint density at radius 1 is 1.33 bits per heavy atom. The molecular formula is C14H17NO4S2. The highest BCUT2D eigenvalue weighted by molar-refractivity contribution is 7.90. The van der Waals surface area contributed by atoms with Crippen LogP contribution >= 0.6 is 11.3 Å². The first-order chi connectivity index (χ1) is 9.71. The number of aliphatic carboxylic acids is 1. The number of carbonyl (C=O) groups is 1. The number of carboxylic acid groups (broad SMARTS) is 1. The highest BCUT2D eigenvalue weighted by Crippen LogP contribution is 2.30. The predicted molar refractivity (Wildman–Crippen MR) is 83.1 cm³/mol. The molecule has 7 heteroatoms. The van der Waals surface area contributed by atoms with Gasteiger partial charge in [-0.3, -0.25) is 4.79 Å². The minimum atomic E-state index is -3.68. The van der Waals surface area contributed by atoms with Crippen LogP contribution in [0.4, 0.5) is 0 Å². The zero-order chi connectivity index (χ0) is 15.7.